The number of aliphatic carboxylic acids is 1. The highest BCUT2D eigenvalue weighted by Gasteiger charge is 2.54. The highest BCUT2D eigenvalue weighted by atomic mass is 16.5. The second-order valence-electron chi connectivity index (χ2n) is 6.50. The number of hydrogen-bond acceptors (Lipinski definition) is 6. The van der Waals surface area contributed by atoms with Crippen molar-refractivity contribution in [3.63, 3.8) is 0 Å². The molecule has 2 fully saturated rings. The number of nitrogens with zero attached hydrogens (tertiary/aromatic N) is 3. The normalized spacial score (nSPS) is 26.3. The maximum absolute atomic E-state index is 12.9. The Balaban J connectivity index is 1.63. The summed E-state index contributed by atoms with van der Waals surface area (Å²) < 4.78 is 10.1. The Morgan fingerprint density at radius 2 is 2.25 bits per heavy atom. The van der Waals surface area contributed by atoms with E-state index in [2.05, 4.69) is 10.1 Å². The largest absolute Gasteiger partial charge is 0.481 e. The van der Waals surface area contributed by atoms with Gasteiger partial charge < -0.3 is 18.9 Å². The first-order valence-corrected chi connectivity index (χ1v) is 7.99. The van der Waals surface area contributed by atoms with E-state index in [1.165, 1.54) is 12.7 Å². The first-order valence-electron chi connectivity index (χ1n) is 7.99. The molecule has 24 heavy (non-hydrogen) atoms. The molecule has 0 aromatic carbocycles. The van der Waals surface area contributed by atoms with Gasteiger partial charge in [0.05, 0.1) is 5.41 Å². The number of oxazole rings is 1. The van der Waals surface area contributed by atoms with Gasteiger partial charge in [-0.05, 0) is 18.8 Å². The number of rotatable bonds is 3. The zero-order valence-corrected chi connectivity index (χ0v) is 13.0. The van der Waals surface area contributed by atoms with Crippen LogP contribution < -0.4 is 0 Å². The molecule has 126 valence electrons. The first-order chi connectivity index (χ1) is 11.6. The van der Waals surface area contributed by atoms with Crippen molar-refractivity contribution in [1.29, 1.82) is 0 Å². The van der Waals surface area contributed by atoms with E-state index in [1.54, 1.807) is 11.0 Å². The Morgan fingerprint density at radius 1 is 1.38 bits per heavy atom. The fraction of sp³-hybridized carbons (Fsp3) is 0.500. The van der Waals surface area contributed by atoms with Crippen LogP contribution in [-0.2, 0) is 4.79 Å². The number of likely N-dealkylation sites (tertiary alicyclic amines) is 1. The van der Waals surface area contributed by atoms with Gasteiger partial charge in [0.25, 0.3) is 5.91 Å². The minimum absolute atomic E-state index is 0.00454. The van der Waals surface area contributed by atoms with E-state index in [4.69, 9.17) is 8.94 Å². The molecule has 3 heterocycles. The van der Waals surface area contributed by atoms with Crippen LogP contribution in [0.3, 0.4) is 0 Å². The van der Waals surface area contributed by atoms with Crippen molar-refractivity contribution in [1.82, 2.24) is 15.0 Å². The summed E-state index contributed by atoms with van der Waals surface area (Å²) in [5.41, 5.74) is -0.297. The molecule has 0 unspecified atom stereocenters. The van der Waals surface area contributed by atoms with Gasteiger partial charge >= 0.3 is 5.97 Å². The van der Waals surface area contributed by atoms with Crippen LogP contribution in [0.2, 0.25) is 0 Å². The van der Waals surface area contributed by atoms with Crippen LogP contribution in [0.4, 0.5) is 0 Å². The molecule has 2 aliphatic rings. The zero-order chi connectivity index (χ0) is 16.7. The lowest BCUT2D eigenvalue weighted by Crippen LogP contribution is -2.41. The van der Waals surface area contributed by atoms with Crippen LogP contribution in [0.25, 0.3) is 11.5 Å². The molecule has 1 aliphatic carbocycles. The number of amides is 1. The number of carboxylic acid groups (broad SMARTS) is 1. The molecule has 0 bridgehead atoms. The van der Waals surface area contributed by atoms with Gasteiger partial charge in [0.2, 0.25) is 0 Å². The summed E-state index contributed by atoms with van der Waals surface area (Å²) in [7, 11) is 0. The molecule has 0 radical (unpaired) electrons. The lowest BCUT2D eigenvalue weighted by Gasteiger charge is -2.34. The molecule has 8 nitrogen and oxygen atoms in total. The van der Waals surface area contributed by atoms with Crippen molar-refractivity contribution in [2.45, 2.75) is 25.7 Å². The van der Waals surface area contributed by atoms with Crippen LogP contribution in [0.1, 0.15) is 36.2 Å². The smallest absolute Gasteiger partial charge is 0.311 e. The summed E-state index contributed by atoms with van der Waals surface area (Å²) in [6.45, 7) is 0.660. The van der Waals surface area contributed by atoms with Gasteiger partial charge in [-0.2, -0.15) is 0 Å². The molecule has 0 spiro atoms. The molecule has 8 heteroatoms. The van der Waals surface area contributed by atoms with Crippen LogP contribution in [-0.4, -0.2) is 45.1 Å². The lowest BCUT2D eigenvalue weighted by atomic mass is 9.68. The lowest BCUT2D eigenvalue weighted by molar-refractivity contribution is -0.152. The van der Waals surface area contributed by atoms with Crippen molar-refractivity contribution in [2.24, 2.45) is 11.3 Å². The maximum atomic E-state index is 12.9. The Morgan fingerprint density at radius 3 is 2.96 bits per heavy atom. The van der Waals surface area contributed by atoms with Crippen molar-refractivity contribution in [3.05, 3.63) is 24.4 Å². The predicted octanol–water partition coefficient (Wildman–Crippen LogP) is 2.05. The average molecular weight is 331 g/mol. The Hall–Kier alpha value is -2.64. The molecule has 2 aromatic rings. The highest BCUT2D eigenvalue weighted by Crippen LogP contribution is 2.47. The first kappa shape index (κ1) is 14.9. The molecule has 4 rings (SSSR count). The minimum atomic E-state index is -0.828. The van der Waals surface area contributed by atoms with E-state index in [9.17, 15) is 14.7 Å². The number of aromatic nitrogens is 2. The van der Waals surface area contributed by atoms with Gasteiger partial charge in [-0.1, -0.05) is 18.0 Å². The number of carbonyl (C=O) groups excluding carboxylic acids is 1. The van der Waals surface area contributed by atoms with Gasteiger partial charge in [-0.3, -0.25) is 9.59 Å². The fourth-order valence-corrected chi connectivity index (χ4v) is 4.02. The van der Waals surface area contributed by atoms with E-state index >= 15 is 0 Å². The third kappa shape index (κ3) is 2.13. The molecule has 2 atom stereocenters. The van der Waals surface area contributed by atoms with E-state index < -0.39 is 11.4 Å². The summed E-state index contributed by atoms with van der Waals surface area (Å²) in [5, 5.41) is 13.5. The van der Waals surface area contributed by atoms with E-state index in [1.807, 2.05) is 0 Å². The van der Waals surface area contributed by atoms with Crippen LogP contribution in [0.15, 0.2) is 27.7 Å². The maximum Gasteiger partial charge on any atom is 0.311 e. The van der Waals surface area contributed by atoms with Crippen molar-refractivity contribution >= 4 is 11.9 Å². The summed E-state index contributed by atoms with van der Waals surface area (Å²) in [6, 6.07) is 1.58. The molecular formula is C16H17N3O5. The Kier molecular flexibility index (Phi) is 3.40. The number of carbonyl (C=O) groups is 2. The quantitative estimate of drug-likeness (QED) is 0.916. The van der Waals surface area contributed by atoms with Gasteiger partial charge in [-0.15, -0.1) is 0 Å². The second-order valence-corrected chi connectivity index (χ2v) is 6.50. The number of fused-ring (bicyclic) bond motifs is 1. The van der Waals surface area contributed by atoms with Crippen LogP contribution in [0.5, 0.6) is 0 Å². The molecule has 1 aliphatic heterocycles. The van der Waals surface area contributed by atoms with Crippen molar-refractivity contribution in [2.75, 3.05) is 13.1 Å². The standard InChI is InChI=1S/C16H17N3O5/c20-14(12-13(23-9-17-12)11-4-6-24-18-11)19-7-10-3-1-2-5-16(10,8-19)15(21)22/h4,6,9-10H,1-3,5,7-8H2,(H,21,22)/t10-,16-/m1/s1. The molecule has 1 amide bonds. The third-order valence-electron chi connectivity index (χ3n) is 5.27. The Labute approximate surface area is 137 Å². The Bertz CT molecular complexity index is 769. The zero-order valence-electron chi connectivity index (χ0n) is 13.0. The van der Waals surface area contributed by atoms with E-state index in [-0.39, 0.29) is 29.8 Å². The average Bonchev–Trinajstić information content (AvgIpc) is 3.30. The topological polar surface area (TPSA) is 110 Å². The monoisotopic (exact) mass is 331 g/mol. The SMILES string of the molecule is O=C(c1ncoc1-c1ccon1)N1C[C@H]2CCCC[C@@]2(C(=O)O)C1. The summed E-state index contributed by atoms with van der Waals surface area (Å²) >= 11 is 0. The van der Waals surface area contributed by atoms with E-state index in [0.29, 0.717) is 18.7 Å². The molecule has 1 N–H and O–H groups in total. The fourth-order valence-electron chi connectivity index (χ4n) is 4.02. The second kappa shape index (κ2) is 5.47. The van der Waals surface area contributed by atoms with Crippen LogP contribution in [0, 0.1) is 11.3 Å². The summed E-state index contributed by atoms with van der Waals surface area (Å²) in [4.78, 5) is 30.4. The molecule has 1 saturated carbocycles. The van der Waals surface area contributed by atoms with Gasteiger partial charge in [0, 0.05) is 19.2 Å². The van der Waals surface area contributed by atoms with Gasteiger partial charge in [0.15, 0.2) is 23.5 Å². The van der Waals surface area contributed by atoms with Crippen LogP contribution >= 0.6 is 0 Å². The van der Waals surface area contributed by atoms with E-state index in [0.717, 1.165) is 19.3 Å². The minimum Gasteiger partial charge on any atom is -0.481 e. The van der Waals surface area contributed by atoms with Crippen molar-refractivity contribution in [3.8, 4) is 11.5 Å². The number of hydrogen-bond donors (Lipinski definition) is 1. The molecule has 1 saturated heterocycles. The third-order valence-corrected chi connectivity index (χ3v) is 5.27. The predicted molar refractivity (Wildman–Crippen MR) is 79.9 cm³/mol. The summed E-state index contributed by atoms with van der Waals surface area (Å²) in [5.74, 6) is -0.890. The summed E-state index contributed by atoms with van der Waals surface area (Å²) in [6.07, 6.45) is 5.93. The molecular weight excluding hydrogens is 314 g/mol. The highest BCUT2D eigenvalue weighted by molar-refractivity contribution is 5.98. The van der Waals surface area contributed by atoms with Crippen molar-refractivity contribution < 1.29 is 23.6 Å². The van der Waals surface area contributed by atoms with Gasteiger partial charge in [-0.25, -0.2) is 4.98 Å². The van der Waals surface area contributed by atoms with Gasteiger partial charge in [0.1, 0.15) is 6.26 Å². The molecule has 2 aromatic heterocycles. The number of carboxylic acids is 1.